The Balaban J connectivity index is 1.82. The average Bonchev–Trinajstić information content (AvgIpc) is 2.68. The molecule has 4 aromatic rings. The molecule has 0 amide bonds. The van der Waals surface area contributed by atoms with Crippen molar-refractivity contribution < 1.29 is 0 Å². The summed E-state index contributed by atoms with van der Waals surface area (Å²) in [5.41, 5.74) is 5.57. The van der Waals surface area contributed by atoms with Crippen molar-refractivity contribution in [2.45, 2.75) is 32.1 Å². The van der Waals surface area contributed by atoms with Gasteiger partial charge < -0.3 is 0 Å². The van der Waals surface area contributed by atoms with Crippen LogP contribution in [0.3, 0.4) is 0 Å². The molecular weight excluding hydrogens is 302 g/mol. The molecule has 1 aliphatic carbocycles. The van der Waals surface area contributed by atoms with Crippen molar-refractivity contribution in [2.75, 3.05) is 0 Å². The zero-order valence-corrected chi connectivity index (χ0v) is 14.5. The second-order valence-electron chi connectivity index (χ2n) is 7.23. The molecule has 1 aromatic heterocycles. The lowest BCUT2D eigenvalue weighted by Crippen LogP contribution is -2.07. The highest BCUT2D eigenvalue weighted by Crippen LogP contribution is 2.39. The van der Waals surface area contributed by atoms with E-state index < -0.39 is 0 Å². The number of aryl methyl sites for hydroxylation is 1. The quantitative estimate of drug-likeness (QED) is 0.365. The summed E-state index contributed by atoms with van der Waals surface area (Å²) < 4.78 is 0. The van der Waals surface area contributed by atoms with Crippen molar-refractivity contribution in [1.82, 2.24) is 4.98 Å². The summed E-state index contributed by atoms with van der Waals surface area (Å²) in [4.78, 5) is 4.30. The summed E-state index contributed by atoms with van der Waals surface area (Å²) in [6, 6.07) is 20.1. The van der Waals surface area contributed by atoms with Crippen molar-refractivity contribution in [2.24, 2.45) is 0 Å². The molecule has 1 unspecified atom stereocenters. The highest BCUT2D eigenvalue weighted by molar-refractivity contribution is 6.13. The van der Waals surface area contributed by atoms with Gasteiger partial charge in [-0.05, 0) is 69.5 Å². The second kappa shape index (κ2) is 5.70. The fourth-order valence-corrected chi connectivity index (χ4v) is 4.51. The average molecular weight is 323 g/mol. The first kappa shape index (κ1) is 14.7. The van der Waals surface area contributed by atoms with E-state index in [1.165, 1.54) is 51.9 Å². The molecule has 5 rings (SSSR count). The SMILES string of the molecule is CC1CCCc2c1ccc1c2ccc2c(-c3cccnc3)cccc21. The van der Waals surface area contributed by atoms with Gasteiger partial charge in [-0.2, -0.15) is 0 Å². The van der Waals surface area contributed by atoms with Gasteiger partial charge in [0.05, 0.1) is 0 Å². The number of rotatable bonds is 1. The van der Waals surface area contributed by atoms with Gasteiger partial charge in [-0.1, -0.05) is 55.5 Å². The minimum atomic E-state index is 0.686. The molecule has 0 aliphatic heterocycles. The van der Waals surface area contributed by atoms with E-state index >= 15 is 0 Å². The Kier molecular flexibility index (Phi) is 3.34. The van der Waals surface area contributed by atoms with Crippen LogP contribution in [0.4, 0.5) is 0 Å². The molecule has 1 nitrogen and oxygen atoms in total. The molecule has 3 aromatic carbocycles. The van der Waals surface area contributed by atoms with E-state index in [-0.39, 0.29) is 0 Å². The maximum atomic E-state index is 4.30. The fraction of sp³-hybridized carbons (Fsp3) is 0.208. The monoisotopic (exact) mass is 323 g/mol. The Bertz CT molecular complexity index is 1080. The minimum absolute atomic E-state index is 0.686. The summed E-state index contributed by atoms with van der Waals surface area (Å²) in [6.07, 6.45) is 7.62. The van der Waals surface area contributed by atoms with E-state index in [2.05, 4.69) is 60.4 Å². The third-order valence-electron chi connectivity index (χ3n) is 5.77. The van der Waals surface area contributed by atoms with E-state index in [1.54, 1.807) is 11.1 Å². The van der Waals surface area contributed by atoms with Crippen molar-refractivity contribution in [3.63, 3.8) is 0 Å². The molecule has 1 aliphatic rings. The summed E-state index contributed by atoms with van der Waals surface area (Å²) >= 11 is 0. The smallest absolute Gasteiger partial charge is 0.0346 e. The Hall–Kier alpha value is -2.67. The molecule has 1 atom stereocenters. The number of hydrogen-bond donors (Lipinski definition) is 0. The van der Waals surface area contributed by atoms with Gasteiger partial charge in [0.15, 0.2) is 0 Å². The van der Waals surface area contributed by atoms with Gasteiger partial charge in [-0.25, -0.2) is 0 Å². The van der Waals surface area contributed by atoms with Crippen LogP contribution in [-0.2, 0) is 6.42 Å². The highest BCUT2D eigenvalue weighted by atomic mass is 14.6. The lowest BCUT2D eigenvalue weighted by Gasteiger charge is -2.24. The lowest BCUT2D eigenvalue weighted by molar-refractivity contribution is 0.593. The van der Waals surface area contributed by atoms with E-state index in [4.69, 9.17) is 0 Å². The molecule has 1 heterocycles. The van der Waals surface area contributed by atoms with Crippen LogP contribution < -0.4 is 0 Å². The minimum Gasteiger partial charge on any atom is -0.264 e. The molecule has 0 N–H and O–H groups in total. The van der Waals surface area contributed by atoms with E-state index in [0.29, 0.717) is 5.92 Å². The predicted octanol–water partition coefficient (Wildman–Crippen LogP) is 6.49. The molecule has 0 spiro atoms. The van der Waals surface area contributed by atoms with Gasteiger partial charge in [0, 0.05) is 18.0 Å². The van der Waals surface area contributed by atoms with Crippen LogP contribution >= 0.6 is 0 Å². The summed E-state index contributed by atoms with van der Waals surface area (Å²) in [5, 5.41) is 5.49. The molecule has 0 saturated heterocycles. The summed E-state index contributed by atoms with van der Waals surface area (Å²) in [7, 11) is 0. The Morgan fingerprint density at radius 3 is 2.56 bits per heavy atom. The highest BCUT2D eigenvalue weighted by Gasteiger charge is 2.19. The Labute approximate surface area is 148 Å². The van der Waals surface area contributed by atoms with E-state index in [9.17, 15) is 0 Å². The maximum Gasteiger partial charge on any atom is 0.0346 e. The molecule has 0 radical (unpaired) electrons. The van der Waals surface area contributed by atoms with Crippen molar-refractivity contribution >= 4 is 21.5 Å². The van der Waals surface area contributed by atoms with Crippen LogP contribution in [0, 0.1) is 0 Å². The maximum absolute atomic E-state index is 4.30. The Morgan fingerprint density at radius 2 is 1.68 bits per heavy atom. The fourth-order valence-electron chi connectivity index (χ4n) is 4.51. The largest absolute Gasteiger partial charge is 0.264 e. The Morgan fingerprint density at radius 1 is 0.840 bits per heavy atom. The second-order valence-corrected chi connectivity index (χ2v) is 7.23. The third kappa shape index (κ3) is 2.26. The van der Waals surface area contributed by atoms with Crippen LogP contribution in [-0.4, -0.2) is 4.98 Å². The summed E-state index contributed by atoms with van der Waals surface area (Å²) in [5.74, 6) is 0.686. The zero-order valence-electron chi connectivity index (χ0n) is 14.5. The van der Waals surface area contributed by atoms with Crippen LogP contribution in [0.15, 0.2) is 67.0 Å². The molecule has 0 fully saturated rings. The zero-order chi connectivity index (χ0) is 16.8. The van der Waals surface area contributed by atoms with Gasteiger partial charge in [-0.15, -0.1) is 0 Å². The number of aromatic nitrogens is 1. The standard InChI is InChI=1S/C24H21N/c1-16-5-2-8-20-18(16)10-11-24-21-9-3-7-19(17-6-4-14-25-15-17)22(21)12-13-23(20)24/h3-4,6-7,9-16H,2,5,8H2,1H3. The van der Waals surface area contributed by atoms with Gasteiger partial charge in [-0.3, -0.25) is 4.98 Å². The number of hydrogen-bond acceptors (Lipinski definition) is 1. The van der Waals surface area contributed by atoms with Crippen LogP contribution in [0.1, 0.15) is 36.8 Å². The van der Waals surface area contributed by atoms with Gasteiger partial charge >= 0.3 is 0 Å². The molecular formula is C24H21N. The number of pyridine rings is 1. The van der Waals surface area contributed by atoms with Crippen LogP contribution in [0.25, 0.3) is 32.7 Å². The first-order valence-corrected chi connectivity index (χ1v) is 9.20. The predicted molar refractivity (Wildman–Crippen MR) is 106 cm³/mol. The first-order valence-electron chi connectivity index (χ1n) is 9.20. The van der Waals surface area contributed by atoms with Crippen molar-refractivity contribution in [3.8, 4) is 11.1 Å². The lowest BCUT2D eigenvalue weighted by atomic mass is 9.80. The molecule has 0 bridgehead atoms. The topological polar surface area (TPSA) is 12.9 Å². The van der Waals surface area contributed by atoms with Gasteiger partial charge in [0.2, 0.25) is 0 Å². The van der Waals surface area contributed by atoms with E-state index in [1.807, 2.05) is 18.5 Å². The van der Waals surface area contributed by atoms with Crippen LogP contribution in [0.5, 0.6) is 0 Å². The van der Waals surface area contributed by atoms with Crippen molar-refractivity contribution in [3.05, 3.63) is 78.1 Å². The molecule has 122 valence electrons. The van der Waals surface area contributed by atoms with Gasteiger partial charge in [0.1, 0.15) is 0 Å². The van der Waals surface area contributed by atoms with E-state index in [0.717, 1.165) is 0 Å². The first-order chi connectivity index (χ1) is 12.3. The van der Waals surface area contributed by atoms with Crippen molar-refractivity contribution in [1.29, 1.82) is 0 Å². The van der Waals surface area contributed by atoms with Gasteiger partial charge in [0.25, 0.3) is 0 Å². The normalized spacial score (nSPS) is 16.9. The molecule has 0 saturated carbocycles. The third-order valence-corrected chi connectivity index (χ3v) is 5.77. The number of nitrogens with zero attached hydrogens (tertiary/aromatic N) is 1. The molecule has 25 heavy (non-hydrogen) atoms. The number of fused-ring (bicyclic) bond motifs is 5. The van der Waals surface area contributed by atoms with Crippen LogP contribution in [0.2, 0.25) is 0 Å². The number of benzene rings is 3. The molecule has 1 heteroatoms. The summed E-state index contributed by atoms with van der Waals surface area (Å²) in [6.45, 7) is 2.37.